The van der Waals surface area contributed by atoms with Crippen LogP contribution in [0, 0.1) is 12.8 Å². The first kappa shape index (κ1) is 15.5. The molecule has 1 aliphatic rings. The monoisotopic (exact) mass is 290 g/mol. The predicted molar refractivity (Wildman–Crippen MR) is 79.6 cm³/mol. The molecule has 2 rings (SSSR count). The highest BCUT2D eigenvalue weighted by molar-refractivity contribution is 5.89. The van der Waals surface area contributed by atoms with Crippen LogP contribution >= 0.6 is 0 Å². The molecule has 0 aliphatic carbocycles. The Kier molecular flexibility index (Phi) is 5.33. The molecule has 5 nitrogen and oxygen atoms in total. The van der Waals surface area contributed by atoms with Crippen LogP contribution in [-0.4, -0.2) is 43.5 Å². The molecule has 1 aromatic rings. The molecule has 21 heavy (non-hydrogen) atoms. The van der Waals surface area contributed by atoms with Crippen molar-refractivity contribution < 1.29 is 14.3 Å². The second-order valence-corrected chi connectivity index (χ2v) is 5.44. The average molecular weight is 290 g/mol. The van der Waals surface area contributed by atoms with E-state index < -0.39 is 0 Å². The zero-order valence-electron chi connectivity index (χ0n) is 12.6. The highest BCUT2D eigenvalue weighted by Gasteiger charge is 2.33. The number of carbonyl (C=O) groups is 2. The highest BCUT2D eigenvalue weighted by Crippen LogP contribution is 2.17. The number of hydrogen-bond donors (Lipinski definition) is 1. The third kappa shape index (κ3) is 4.29. The quantitative estimate of drug-likeness (QED) is 0.853. The highest BCUT2D eigenvalue weighted by atomic mass is 16.5. The Bertz CT molecular complexity index is 499. The van der Waals surface area contributed by atoms with E-state index in [1.807, 2.05) is 31.2 Å². The fraction of sp³-hybridized carbons (Fsp3) is 0.500. The Labute approximate surface area is 125 Å². The van der Waals surface area contributed by atoms with Crippen LogP contribution in [0.3, 0.4) is 0 Å². The Morgan fingerprint density at radius 1 is 1.38 bits per heavy atom. The van der Waals surface area contributed by atoms with Crippen LogP contribution in [0.4, 0.5) is 0 Å². The Morgan fingerprint density at radius 3 is 2.76 bits per heavy atom. The largest absolute Gasteiger partial charge is 0.383 e. The zero-order valence-corrected chi connectivity index (χ0v) is 12.6. The number of benzene rings is 1. The first-order chi connectivity index (χ1) is 10.1. The van der Waals surface area contributed by atoms with Gasteiger partial charge in [0.05, 0.1) is 12.5 Å². The lowest BCUT2D eigenvalue weighted by Crippen LogP contribution is -2.33. The summed E-state index contributed by atoms with van der Waals surface area (Å²) in [5.41, 5.74) is 2.26. The Morgan fingerprint density at radius 2 is 2.10 bits per heavy atom. The zero-order chi connectivity index (χ0) is 15.2. The molecule has 0 aromatic heterocycles. The van der Waals surface area contributed by atoms with E-state index in [4.69, 9.17) is 4.74 Å². The lowest BCUT2D eigenvalue weighted by molar-refractivity contribution is -0.129. The van der Waals surface area contributed by atoms with Crippen molar-refractivity contribution in [3.63, 3.8) is 0 Å². The van der Waals surface area contributed by atoms with Crippen LogP contribution < -0.4 is 5.32 Å². The van der Waals surface area contributed by atoms with E-state index in [-0.39, 0.29) is 17.7 Å². The molecule has 5 heteroatoms. The first-order valence-corrected chi connectivity index (χ1v) is 7.20. The van der Waals surface area contributed by atoms with Gasteiger partial charge in [-0.1, -0.05) is 29.8 Å². The molecule has 0 spiro atoms. The van der Waals surface area contributed by atoms with Crippen LogP contribution in [0.5, 0.6) is 0 Å². The van der Waals surface area contributed by atoms with E-state index in [1.165, 1.54) is 5.56 Å². The molecule has 114 valence electrons. The molecule has 0 saturated carbocycles. The van der Waals surface area contributed by atoms with Crippen LogP contribution in [0.2, 0.25) is 0 Å². The summed E-state index contributed by atoms with van der Waals surface area (Å²) in [6.45, 7) is 4.07. The van der Waals surface area contributed by atoms with Crippen LogP contribution in [0.15, 0.2) is 24.3 Å². The van der Waals surface area contributed by atoms with Crippen LogP contribution in [-0.2, 0) is 20.9 Å². The number of carbonyl (C=O) groups excluding carboxylic acids is 2. The fourth-order valence-electron chi connectivity index (χ4n) is 2.40. The third-order valence-corrected chi connectivity index (χ3v) is 3.74. The molecule has 0 radical (unpaired) electrons. The van der Waals surface area contributed by atoms with Gasteiger partial charge in [0.25, 0.3) is 0 Å². The standard InChI is InChI=1S/C16H22N2O3/c1-12-3-5-13(6-4-12)10-17-16(20)14-9-15(19)18(11-14)7-8-21-2/h3-6,14H,7-11H2,1-2H3,(H,17,20). The average Bonchev–Trinajstić information content (AvgIpc) is 2.85. The molecular formula is C16H22N2O3. The van der Waals surface area contributed by atoms with Gasteiger partial charge in [0, 0.05) is 33.2 Å². The molecule has 1 aliphatic heterocycles. The van der Waals surface area contributed by atoms with Gasteiger partial charge in [0.2, 0.25) is 11.8 Å². The van der Waals surface area contributed by atoms with Crippen molar-refractivity contribution in [3.8, 4) is 0 Å². The van der Waals surface area contributed by atoms with E-state index in [1.54, 1.807) is 12.0 Å². The minimum Gasteiger partial charge on any atom is -0.383 e. The fourth-order valence-corrected chi connectivity index (χ4v) is 2.40. The molecule has 1 heterocycles. The number of nitrogens with one attached hydrogen (secondary N) is 1. The lowest BCUT2D eigenvalue weighted by Gasteiger charge is -2.15. The van der Waals surface area contributed by atoms with E-state index >= 15 is 0 Å². The lowest BCUT2D eigenvalue weighted by atomic mass is 10.1. The molecule has 1 N–H and O–H groups in total. The summed E-state index contributed by atoms with van der Waals surface area (Å²) in [4.78, 5) is 25.6. The van der Waals surface area contributed by atoms with Crippen molar-refractivity contribution in [2.75, 3.05) is 26.8 Å². The topological polar surface area (TPSA) is 58.6 Å². The molecule has 1 unspecified atom stereocenters. The number of likely N-dealkylation sites (tertiary alicyclic amines) is 1. The van der Waals surface area contributed by atoms with Gasteiger partial charge in [-0.2, -0.15) is 0 Å². The minimum atomic E-state index is -0.250. The van der Waals surface area contributed by atoms with Crippen molar-refractivity contribution in [1.82, 2.24) is 10.2 Å². The summed E-state index contributed by atoms with van der Waals surface area (Å²) in [5, 5.41) is 2.91. The minimum absolute atomic E-state index is 0.0301. The predicted octanol–water partition coefficient (Wildman–Crippen LogP) is 1.11. The number of rotatable bonds is 6. The van der Waals surface area contributed by atoms with Gasteiger partial charge in [-0.3, -0.25) is 9.59 Å². The van der Waals surface area contributed by atoms with Crippen molar-refractivity contribution in [2.24, 2.45) is 5.92 Å². The second-order valence-electron chi connectivity index (χ2n) is 5.44. The van der Waals surface area contributed by atoms with Crippen molar-refractivity contribution in [2.45, 2.75) is 19.9 Å². The first-order valence-electron chi connectivity index (χ1n) is 7.20. The van der Waals surface area contributed by atoms with Gasteiger partial charge in [-0.25, -0.2) is 0 Å². The second kappa shape index (κ2) is 7.22. The summed E-state index contributed by atoms with van der Waals surface area (Å²) < 4.78 is 4.97. The van der Waals surface area contributed by atoms with Gasteiger partial charge >= 0.3 is 0 Å². The summed E-state index contributed by atoms with van der Waals surface area (Å²) in [7, 11) is 1.60. The summed E-state index contributed by atoms with van der Waals surface area (Å²) in [5.74, 6) is -0.272. The van der Waals surface area contributed by atoms with Crippen molar-refractivity contribution >= 4 is 11.8 Å². The SMILES string of the molecule is COCCN1CC(C(=O)NCc2ccc(C)cc2)CC1=O. The maximum atomic E-state index is 12.1. The molecule has 2 amide bonds. The number of methoxy groups -OCH3 is 1. The Balaban J connectivity index is 1.81. The molecule has 1 fully saturated rings. The molecule has 1 atom stereocenters. The van der Waals surface area contributed by atoms with E-state index in [0.717, 1.165) is 5.56 Å². The van der Waals surface area contributed by atoms with Crippen molar-refractivity contribution in [3.05, 3.63) is 35.4 Å². The van der Waals surface area contributed by atoms with Crippen LogP contribution in [0.1, 0.15) is 17.5 Å². The summed E-state index contributed by atoms with van der Waals surface area (Å²) in [6.07, 6.45) is 0.295. The van der Waals surface area contributed by atoms with E-state index in [2.05, 4.69) is 5.32 Å². The molecule has 1 saturated heterocycles. The summed E-state index contributed by atoms with van der Waals surface area (Å²) in [6, 6.07) is 8.04. The normalized spacial score (nSPS) is 18.1. The smallest absolute Gasteiger partial charge is 0.225 e. The Hall–Kier alpha value is -1.88. The van der Waals surface area contributed by atoms with Crippen LogP contribution in [0.25, 0.3) is 0 Å². The number of ether oxygens (including phenoxy) is 1. The van der Waals surface area contributed by atoms with Gasteiger partial charge in [0.15, 0.2) is 0 Å². The molecular weight excluding hydrogens is 268 g/mol. The third-order valence-electron chi connectivity index (χ3n) is 3.74. The molecule has 0 bridgehead atoms. The number of nitrogens with zero attached hydrogens (tertiary/aromatic N) is 1. The summed E-state index contributed by atoms with van der Waals surface area (Å²) >= 11 is 0. The van der Waals surface area contributed by atoms with E-state index in [9.17, 15) is 9.59 Å². The van der Waals surface area contributed by atoms with Gasteiger partial charge in [0.1, 0.15) is 0 Å². The maximum Gasteiger partial charge on any atom is 0.225 e. The van der Waals surface area contributed by atoms with Gasteiger partial charge in [-0.05, 0) is 12.5 Å². The number of aryl methyl sites for hydroxylation is 1. The molecule has 1 aromatic carbocycles. The van der Waals surface area contributed by atoms with Crippen molar-refractivity contribution in [1.29, 1.82) is 0 Å². The number of amides is 2. The van der Waals surface area contributed by atoms with Gasteiger partial charge in [-0.15, -0.1) is 0 Å². The maximum absolute atomic E-state index is 12.1. The van der Waals surface area contributed by atoms with E-state index in [0.29, 0.717) is 32.7 Å². The van der Waals surface area contributed by atoms with Gasteiger partial charge < -0.3 is 15.0 Å². The number of hydrogen-bond acceptors (Lipinski definition) is 3.